The molecule has 0 saturated heterocycles. The summed E-state index contributed by atoms with van der Waals surface area (Å²) in [6.07, 6.45) is 1.24. The van der Waals surface area contributed by atoms with Gasteiger partial charge in [0, 0.05) is 12.1 Å². The average Bonchev–Trinajstić information content (AvgIpc) is 2.27. The minimum atomic E-state index is 0.433. The van der Waals surface area contributed by atoms with Crippen LogP contribution in [0.1, 0.15) is 55.5 Å². The van der Waals surface area contributed by atoms with Crippen LogP contribution in [-0.4, -0.2) is 17.5 Å². The molecule has 1 rings (SSSR count). The van der Waals surface area contributed by atoms with Crippen LogP contribution in [0.25, 0.3) is 0 Å². The molecule has 0 fully saturated rings. The van der Waals surface area contributed by atoms with Crippen LogP contribution in [0.15, 0.2) is 12.1 Å². The van der Waals surface area contributed by atoms with Crippen LogP contribution in [0.4, 0.5) is 0 Å². The highest BCUT2D eigenvalue weighted by molar-refractivity contribution is 7.99. The quantitative estimate of drug-likeness (QED) is 0.720. The Morgan fingerprint density at radius 1 is 1.11 bits per heavy atom. The molecule has 1 aromatic carbocycles. The molecule has 108 valence electrons. The topological polar surface area (TPSA) is 12.0 Å². The molecule has 2 atom stereocenters. The smallest absolute Gasteiger partial charge is 0.0299 e. The highest BCUT2D eigenvalue weighted by atomic mass is 32.2. The molecule has 1 nitrogen and oxygen atoms in total. The molecule has 0 aliphatic rings. The van der Waals surface area contributed by atoms with Gasteiger partial charge in [-0.05, 0) is 69.2 Å². The minimum absolute atomic E-state index is 0.433. The van der Waals surface area contributed by atoms with Crippen molar-refractivity contribution in [2.24, 2.45) is 0 Å². The predicted molar refractivity (Wildman–Crippen MR) is 89.3 cm³/mol. The molecule has 0 spiro atoms. The Labute approximate surface area is 123 Å². The van der Waals surface area contributed by atoms with Gasteiger partial charge in [0.05, 0.1) is 0 Å². The van der Waals surface area contributed by atoms with E-state index in [1.165, 1.54) is 40.2 Å². The second-order valence-corrected chi connectivity index (χ2v) is 6.98. The zero-order valence-electron chi connectivity index (χ0n) is 13.3. The van der Waals surface area contributed by atoms with Gasteiger partial charge >= 0.3 is 0 Å². The van der Waals surface area contributed by atoms with E-state index >= 15 is 0 Å². The summed E-state index contributed by atoms with van der Waals surface area (Å²) in [4.78, 5) is 0. The van der Waals surface area contributed by atoms with Crippen molar-refractivity contribution in [3.05, 3.63) is 34.4 Å². The molecule has 1 aromatic rings. The van der Waals surface area contributed by atoms with E-state index in [1.807, 2.05) is 11.8 Å². The van der Waals surface area contributed by atoms with Crippen molar-refractivity contribution >= 4 is 11.8 Å². The first-order chi connectivity index (χ1) is 8.95. The van der Waals surface area contributed by atoms with Gasteiger partial charge in [0.2, 0.25) is 0 Å². The molecule has 0 radical (unpaired) electrons. The zero-order chi connectivity index (χ0) is 14.4. The maximum absolute atomic E-state index is 3.74. The lowest BCUT2D eigenvalue weighted by molar-refractivity contribution is 0.469. The van der Waals surface area contributed by atoms with E-state index in [-0.39, 0.29) is 0 Å². The lowest BCUT2D eigenvalue weighted by Gasteiger charge is -2.24. The summed E-state index contributed by atoms with van der Waals surface area (Å²) < 4.78 is 0. The molecule has 0 amide bonds. The van der Waals surface area contributed by atoms with Crippen molar-refractivity contribution in [3.8, 4) is 0 Å². The molecular formula is C17H29NS. The van der Waals surface area contributed by atoms with Gasteiger partial charge < -0.3 is 5.32 Å². The SMILES string of the molecule is CCSCCC(C)NC(C)c1c(C)cc(C)cc1C. The third-order valence-electron chi connectivity index (χ3n) is 3.60. The van der Waals surface area contributed by atoms with Gasteiger partial charge in [0.15, 0.2) is 0 Å². The zero-order valence-corrected chi connectivity index (χ0v) is 14.2. The maximum atomic E-state index is 3.74. The normalized spacial score (nSPS) is 14.4. The lowest BCUT2D eigenvalue weighted by Crippen LogP contribution is -2.30. The molecular weight excluding hydrogens is 250 g/mol. The Balaban J connectivity index is 2.65. The van der Waals surface area contributed by atoms with Gasteiger partial charge in [-0.2, -0.15) is 11.8 Å². The van der Waals surface area contributed by atoms with Crippen LogP contribution in [0.2, 0.25) is 0 Å². The third kappa shape index (κ3) is 5.19. The van der Waals surface area contributed by atoms with Crippen molar-refractivity contribution < 1.29 is 0 Å². The number of hydrogen-bond acceptors (Lipinski definition) is 2. The number of benzene rings is 1. The average molecular weight is 279 g/mol. The third-order valence-corrected chi connectivity index (χ3v) is 4.54. The largest absolute Gasteiger partial charge is 0.308 e. The second-order valence-electron chi connectivity index (χ2n) is 5.59. The number of hydrogen-bond donors (Lipinski definition) is 1. The first-order valence-electron chi connectivity index (χ1n) is 7.37. The molecule has 19 heavy (non-hydrogen) atoms. The summed E-state index contributed by atoms with van der Waals surface area (Å²) in [6, 6.07) is 5.59. The monoisotopic (exact) mass is 279 g/mol. The van der Waals surface area contributed by atoms with Gasteiger partial charge in [-0.15, -0.1) is 0 Å². The molecule has 2 heteroatoms. The van der Waals surface area contributed by atoms with Crippen LogP contribution >= 0.6 is 11.8 Å². The fourth-order valence-electron chi connectivity index (χ4n) is 2.87. The number of thioether (sulfide) groups is 1. The lowest BCUT2D eigenvalue weighted by atomic mass is 9.94. The second kappa shape index (κ2) is 7.96. The van der Waals surface area contributed by atoms with Crippen molar-refractivity contribution in [1.29, 1.82) is 0 Å². The Bertz CT molecular complexity index is 377. The van der Waals surface area contributed by atoms with Gasteiger partial charge in [-0.3, -0.25) is 0 Å². The van der Waals surface area contributed by atoms with Gasteiger partial charge in [-0.25, -0.2) is 0 Å². The minimum Gasteiger partial charge on any atom is -0.308 e. The predicted octanol–water partition coefficient (Wildman–Crippen LogP) is 4.79. The van der Waals surface area contributed by atoms with Crippen LogP contribution in [0.3, 0.4) is 0 Å². The molecule has 0 aliphatic heterocycles. The Hall–Kier alpha value is -0.470. The molecule has 2 unspecified atom stereocenters. The van der Waals surface area contributed by atoms with Crippen LogP contribution in [0.5, 0.6) is 0 Å². The first-order valence-corrected chi connectivity index (χ1v) is 8.52. The summed E-state index contributed by atoms with van der Waals surface area (Å²) in [5.41, 5.74) is 5.65. The molecule has 0 aromatic heterocycles. The first kappa shape index (κ1) is 16.6. The fourth-order valence-corrected chi connectivity index (χ4v) is 3.68. The van der Waals surface area contributed by atoms with Gasteiger partial charge in [-0.1, -0.05) is 24.6 Å². The van der Waals surface area contributed by atoms with Crippen LogP contribution in [-0.2, 0) is 0 Å². The van der Waals surface area contributed by atoms with E-state index in [2.05, 4.69) is 59.0 Å². The standard InChI is InChI=1S/C17H29NS/c1-7-19-9-8-15(5)18-16(6)17-13(3)10-12(2)11-14(17)4/h10-11,15-16,18H,7-9H2,1-6H3. The number of aryl methyl sites for hydroxylation is 3. The molecule has 0 aliphatic carbocycles. The van der Waals surface area contributed by atoms with Gasteiger partial charge in [0.25, 0.3) is 0 Å². The molecule has 0 heterocycles. The Morgan fingerprint density at radius 2 is 1.68 bits per heavy atom. The molecule has 0 bridgehead atoms. The van der Waals surface area contributed by atoms with E-state index in [0.29, 0.717) is 12.1 Å². The summed E-state index contributed by atoms with van der Waals surface area (Å²) in [7, 11) is 0. The fraction of sp³-hybridized carbons (Fsp3) is 0.647. The van der Waals surface area contributed by atoms with Crippen molar-refractivity contribution in [3.63, 3.8) is 0 Å². The van der Waals surface area contributed by atoms with E-state index in [0.717, 1.165) is 0 Å². The van der Waals surface area contributed by atoms with Crippen LogP contribution < -0.4 is 5.32 Å². The van der Waals surface area contributed by atoms with E-state index < -0.39 is 0 Å². The van der Waals surface area contributed by atoms with Crippen molar-refractivity contribution in [1.82, 2.24) is 5.32 Å². The summed E-state index contributed by atoms with van der Waals surface area (Å²) in [5.74, 6) is 2.47. The van der Waals surface area contributed by atoms with E-state index in [4.69, 9.17) is 0 Å². The highest BCUT2D eigenvalue weighted by Gasteiger charge is 2.14. The van der Waals surface area contributed by atoms with Crippen molar-refractivity contribution in [2.45, 2.75) is 60.0 Å². The maximum Gasteiger partial charge on any atom is 0.0299 e. The van der Waals surface area contributed by atoms with Gasteiger partial charge in [0.1, 0.15) is 0 Å². The number of rotatable bonds is 7. The molecule has 1 N–H and O–H groups in total. The summed E-state index contributed by atoms with van der Waals surface area (Å²) in [6.45, 7) is 13.4. The summed E-state index contributed by atoms with van der Waals surface area (Å²) >= 11 is 2.03. The van der Waals surface area contributed by atoms with Crippen LogP contribution in [0, 0.1) is 20.8 Å². The van der Waals surface area contributed by atoms with Crippen molar-refractivity contribution in [2.75, 3.05) is 11.5 Å². The van der Waals surface area contributed by atoms with E-state index in [9.17, 15) is 0 Å². The van der Waals surface area contributed by atoms with E-state index in [1.54, 1.807) is 0 Å². The Kier molecular flexibility index (Phi) is 6.95. The number of nitrogens with one attached hydrogen (secondary N) is 1. The molecule has 0 saturated carbocycles. The Morgan fingerprint density at radius 3 is 2.21 bits per heavy atom. The highest BCUT2D eigenvalue weighted by Crippen LogP contribution is 2.24. The summed E-state index contributed by atoms with van der Waals surface area (Å²) in [5, 5.41) is 3.74.